The fourth-order valence-corrected chi connectivity index (χ4v) is 2.19. The highest BCUT2D eigenvalue weighted by molar-refractivity contribution is 5.28. The van der Waals surface area contributed by atoms with Gasteiger partial charge in [0.1, 0.15) is 0 Å². The number of hydrogen-bond donors (Lipinski definition) is 1. The molecule has 0 amide bonds. The van der Waals surface area contributed by atoms with Gasteiger partial charge < -0.3 is 5.32 Å². The highest BCUT2D eigenvalue weighted by atomic mass is 19.2. The van der Waals surface area contributed by atoms with Crippen molar-refractivity contribution < 1.29 is 8.78 Å². The average molecular weight is 225 g/mol. The lowest BCUT2D eigenvalue weighted by molar-refractivity contribution is 0.323. The van der Waals surface area contributed by atoms with E-state index >= 15 is 0 Å². The third-order valence-electron chi connectivity index (χ3n) is 3.34. The Morgan fingerprint density at radius 2 is 1.94 bits per heavy atom. The lowest BCUT2D eigenvalue weighted by atomic mass is 9.91. The molecule has 1 aromatic carbocycles. The highest BCUT2D eigenvalue weighted by Gasteiger charge is 2.23. The predicted octanol–water partition coefficient (Wildman–Crippen LogP) is 3.33. The minimum atomic E-state index is -0.710. The van der Waals surface area contributed by atoms with Crippen molar-refractivity contribution >= 4 is 0 Å². The SMILES string of the molecule is Cc1ccc(C2CCC(C)CN2)c(F)c1F. The molecule has 1 aliphatic rings. The summed E-state index contributed by atoms with van der Waals surface area (Å²) in [6, 6.07) is 3.31. The van der Waals surface area contributed by atoms with Gasteiger partial charge in [-0.25, -0.2) is 8.78 Å². The Labute approximate surface area is 94.9 Å². The van der Waals surface area contributed by atoms with E-state index in [0.717, 1.165) is 19.4 Å². The number of benzene rings is 1. The molecule has 1 heterocycles. The molecule has 1 N–H and O–H groups in total. The molecule has 0 aromatic heterocycles. The maximum absolute atomic E-state index is 13.7. The summed E-state index contributed by atoms with van der Waals surface area (Å²) < 4.78 is 27.1. The van der Waals surface area contributed by atoms with E-state index in [-0.39, 0.29) is 6.04 Å². The standard InChI is InChI=1S/C13H17F2N/c1-8-3-6-11(16-7-8)10-5-4-9(2)12(14)13(10)15/h4-5,8,11,16H,3,6-7H2,1-2H3. The second-order valence-electron chi connectivity index (χ2n) is 4.74. The third-order valence-corrected chi connectivity index (χ3v) is 3.34. The van der Waals surface area contributed by atoms with Gasteiger partial charge in [-0.1, -0.05) is 19.1 Å². The van der Waals surface area contributed by atoms with Crippen molar-refractivity contribution in [3.8, 4) is 0 Å². The van der Waals surface area contributed by atoms with Crippen LogP contribution < -0.4 is 5.32 Å². The van der Waals surface area contributed by atoms with Gasteiger partial charge >= 0.3 is 0 Å². The summed E-state index contributed by atoms with van der Waals surface area (Å²) in [6.45, 7) is 4.62. The van der Waals surface area contributed by atoms with Gasteiger partial charge in [-0.05, 0) is 37.8 Å². The summed E-state index contributed by atoms with van der Waals surface area (Å²) in [6.07, 6.45) is 1.94. The van der Waals surface area contributed by atoms with Crippen molar-refractivity contribution in [2.45, 2.75) is 32.7 Å². The summed E-state index contributed by atoms with van der Waals surface area (Å²) in [4.78, 5) is 0. The van der Waals surface area contributed by atoms with Crippen LogP contribution >= 0.6 is 0 Å². The van der Waals surface area contributed by atoms with Crippen molar-refractivity contribution in [1.82, 2.24) is 5.32 Å². The van der Waals surface area contributed by atoms with Crippen LogP contribution in [-0.2, 0) is 0 Å². The van der Waals surface area contributed by atoms with Crippen molar-refractivity contribution in [2.24, 2.45) is 5.92 Å². The molecule has 16 heavy (non-hydrogen) atoms. The highest BCUT2D eigenvalue weighted by Crippen LogP contribution is 2.29. The molecule has 2 rings (SSSR count). The first-order valence-electron chi connectivity index (χ1n) is 5.77. The Morgan fingerprint density at radius 3 is 2.56 bits per heavy atom. The zero-order chi connectivity index (χ0) is 11.7. The Kier molecular flexibility index (Phi) is 3.24. The van der Waals surface area contributed by atoms with E-state index in [1.165, 1.54) is 0 Å². The lowest BCUT2D eigenvalue weighted by Crippen LogP contribution is -2.32. The molecule has 1 nitrogen and oxygen atoms in total. The van der Waals surface area contributed by atoms with Gasteiger partial charge in [-0.15, -0.1) is 0 Å². The topological polar surface area (TPSA) is 12.0 Å². The van der Waals surface area contributed by atoms with E-state index < -0.39 is 11.6 Å². The number of rotatable bonds is 1. The predicted molar refractivity (Wildman–Crippen MR) is 60.2 cm³/mol. The molecule has 1 fully saturated rings. The first-order chi connectivity index (χ1) is 7.59. The van der Waals surface area contributed by atoms with Crippen LogP contribution in [0.1, 0.15) is 36.9 Å². The Morgan fingerprint density at radius 1 is 1.19 bits per heavy atom. The van der Waals surface area contributed by atoms with Crippen LogP contribution in [0.25, 0.3) is 0 Å². The molecule has 2 unspecified atom stereocenters. The van der Waals surface area contributed by atoms with Crippen LogP contribution in [-0.4, -0.2) is 6.54 Å². The fraction of sp³-hybridized carbons (Fsp3) is 0.538. The smallest absolute Gasteiger partial charge is 0.163 e. The van der Waals surface area contributed by atoms with Crippen LogP contribution in [0.4, 0.5) is 8.78 Å². The minimum absolute atomic E-state index is 0.0358. The first kappa shape index (κ1) is 11.5. The summed E-state index contributed by atoms with van der Waals surface area (Å²) in [5.74, 6) is -0.778. The molecule has 88 valence electrons. The van der Waals surface area contributed by atoms with Crippen molar-refractivity contribution in [3.63, 3.8) is 0 Å². The summed E-state index contributed by atoms with van der Waals surface area (Å²) in [5, 5.41) is 3.27. The van der Waals surface area contributed by atoms with E-state index in [4.69, 9.17) is 0 Å². The quantitative estimate of drug-likeness (QED) is 0.773. The molecular formula is C13H17F2N. The summed E-state index contributed by atoms with van der Waals surface area (Å²) >= 11 is 0. The Hall–Kier alpha value is -0.960. The van der Waals surface area contributed by atoms with E-state index in [1.54, 1.807) is 19.1 Å². The number of piperidine rings is 1. The molecule has 1 aromatic rings. The molecule has 2 atom stereocenters. The minimum Gasteiger partial charge on any atom is -0.310 e. The maximum atomic E-state index is 13.7. The van der Waals surface area contributed by atoms with Gasteiger partial charge in [-0.3, -0.25) is 0 Å². The number of halogens is 2. The van der Waals surface area contributed by atoms with E-state index in [0.29, 0.717) is 17.0 Å². The second-order valence-corrected chi connectivity index (χ2v) is 4.74. The molecular weight excluding hydrogens is 208 g/mol. The lowest BCUT2D eigenvalue weighted by Gasteiger charge is -2.28. The fourth-order valence-electron chi connectivity index (χ4n) is 2.19. The number of aryl methyl sites for hydroxylation is 1. The molecule has 0 radical (unpaired) electrons. The third kappa shape index (κ3) is 2.09. The normalized spacial score (nSPS) is 25.8. The molecule has 0 aliphatic carbocycles. The molecule has 0 bridgehead atoms. The Balaban J connectivity index is 2.24. The average Bonchev–Trinajstić information content (AvgIpc) is 2.28. The van der Waals surface area contributed by atoms with E-state index in [2.05, 4.69) is 12.2 Å². The maximum Gasteiger partial charge on any atom is 0.163 e. The molecule has 0 spiro atoms. The van der Waals surface area contributed by atoms with Crippen molar-refractivity contribution in [2.75, 3.05) is 6.54 Å². The summed E-state index contributed by atoms with van der Waals surface area (Å²) in [5.41, 5.74) is 0.834. The van der Waals surface area contributed by atoms with E-state index in [9.17, 15) is 8.78 Å². The largest absolute Gasteiger partial charge is 0.310 e. The number of hydrogen-bond acceptors (Lipinski definition) is 1. The van der Waals surface area contributed by atoms with Crippen molar-refractivity contribution in [1.29, 1.82) is 0 Å². The molecule has 3 heteroatoms. The van der Waals surface area contributed by atoms with Gasteiger partial charge in [0.15, 0.2) is 11.6 Å². The zero-order valence-corrected chi connectivity index (χ0v) is 9.69. The zero-order valence-electron chi connectivity index (χ0n) is 9.69. The van der Waals surface area contributed by atoms with Crippen LogP contribution in [0.15, 0.2) is 12.1 Å². The van der Waals surface area contributed by atoms with E-state index in [1.807, 2.05) is 0 Å². The van der Waals surface area contributed by atoms with Crippen LogP contribution in [0.2, 0.25) is 0 Å². The first-order valence-corrected chi connectivity index (χ1v) is 5.77. The molecule has 1 saturated heterocycles. The Bertz CT molecular complexity index is 382. The van der Waals surface area contributed by atoms with Gasteiger partial charge in [0.25, 0.3) is 0 Å². The second kappa shape index (κ2) is 4.50. The summed E-state index contributed by atoms with van der Waals surface area (Å²) in [7, 11) is 0. The monoisotopic (exact) mass is 225 g/mol. The van der Waals surface area contributed by atoms with Crippen molar-refractivity contribution in [3.05, 3.63) is 34.9 Å². The molecule has 0 saturated carbocycles. The van der Waals surface area contributed by atoms with Crippen LogP contribution in [0.3, 0.4) is 0 Å². The van der Waals surface area contributed by atoms with Gasteiger partial charge in [0.2, 0.25) is 0 Å². The van der Waals surface area contributed by atoms with Crippen LogP contribution in [0, 0.1) is 24.5 Å². The number of nitrogens with one attached hydrogen (secondary N) is 1. The van der Waals surface area contributed by atoms with Gasteiger partial charge in [0.05, 0.1) is 0 Å². The molecule has 1 aliphatic heterocycles. The van der Waals surface area contributed by atoms with Gasteiger partial charge in [-0.2, -0.15) is 0 Å². The van der Waals surface area contributed by atoms with Gasteiger partial charge in [0, 0.05) is 11.6 Å². The van der Waals surface area contributed by atoms with Crippen LogP contribution in [0.5, 0.6) is 0 Å².